The molecular formula is C13H18N2O4. The Balaban J connectivity index is 1.91. The van der Waals surface area contributed by atoms with Gasteiger partial charge in [-0.05, 0) is 5.41 Å². The number of rotatable bonds is 5. The minimum atomic E-state index is -0.922. The van der Waals surface area contributed by atoms with Crippen LogP contribution in [0.1, 0.15) is 32.4 Å². The predicted octanol–water partition coefficient (Wildman–Crippen LogP) is 1.21. The lowest BCUT2D eigenvalue weighted by Gasteiger charge is -2.03. The number of aromatic nitrogens is 1. The van der Waals surface area contributed by atoms with E-state index in [-0.39, 0.29) is 12.5 Å². The third kappa shape index (κ3) is 2.47. The highest BCUT2D eigenvalue weighted by Crippen LogP contribution is 2.58. The molecule has 0 radical (unpaired) electrons. The summed E-state index contributed by atoms with van der Waals surface area (Å²) in [7, 11) is 0. The third-order valence-electron chi connectivity index (χ3n) is 3.74. The minimum Gasteiger partial charge on any atom is -0.481 e. The number of amides is 1. The summed E-state index contributed by atoms with van der Waals surface area (Å²) in [5, 5.41) is 11.7. The van der Waals surface area contributed by atoms with Crippen LogP contribution in [0.15, 0.2) is 10.6 Å². The van der Waals surface area contributed by atoms with Crippen LogP contribution in [0.25, 0.3) is 0 Å². The molecule has 0 spiro atoms. The van der Waals surface area contributed by atoms with Crippen LogP contribution in [0.3, 0.4) is 0 Å². The van der Waals surface area contributed by atoms with Crippen molar-refractivity contribution in [3.05, 3.63) is 17.8 Å². The Bertz CT molecular complexity index is 506. The van der Waals surface area contributed by atoms with Crippen LogP contribution in [-0.2, 0) is 22.6 Å². The van der Waals surface area contributed by atoms with E-state index >= 15 is 0 Å². The van der Waals surface area contributed by atoms with Gasteiger partial charge in [-0.2, -0.15) is 0 Å². The Morgan fingerprint density at radius 2 is 2.16 bits per heavy atom. The molecule has 6 heteroatoms. The number of hydrogen-bond donors (Lipinski definition) is 2. The lowest BCUT2D eigenvalue weighted by Crippen LogP contribution is -2.26. The maximum atomic E-state index is 11.9. The lowest BCUT2D eigenvalue weighted by molar-refractivity contribution is -0.140. The van der Waals surface area contributed by atoms with Crippen LogP contribution in [0.2, 0.25) is 0 Å². The van der Waals surface area contributed by atoms with Crippen LogP contribution in [0.5, 0.6) is 0 Å². The van der Waals surface area contributed by atoms with Gasteiger partial charge < -0.3 is 14.8 Å². The summed E-state index contributed by atoms with van der Waals surface area (Å²) in [6, 6.07) is 0. The minimum absolute atomic E-state index is 0.192. The first kappa shape index (κ1) is 13.6. The molecule has 1 aliphatic carbocycles. The van der Waals surface area contributed by atoms with Crippen LogP contribution >= 0.6 is 0 Å². The number of carbonyl (C=O) groups excluding carboxylic acids is 1. The summed E-state index contributed by atoms with van der Waals surface area (Å²) in [5.41, 5.74) is -0.485. The van der Waals surface area contributed by atoms with E-state index in [1.165, 1.54) is 0 Å². The second-order valence-electron chi connectivity index (χ2n) is 5.41. The van der Waals surface area contributed by atoms with Gasteiger partial charge in [0, 0.05) is 6.42 Å². The topological polar surface area (TPSA) is 92.4 Å². The van der Waals surface area contributed by atoms with Crippen LogP contribution in [-0.4, -0.2) is 22.0 Å². The number of hydrogen-bond acceptors (Lipinski definition) is 4. The van der Waals surface area contributed by atoms with Crippen LogP contribution < -0.4 is 5.32 Å². The molecule has 1 aliphatic rings. The monoisotopic (exact) mass is 266 g/mol. The lowest BCUT2D eigenvalue weighted by atomic mass is 10.1. The highest BCUT2D eigenvalue weighted by atomic mass is 16.4. The molecule has 19 heavy (non-hydrogen) atoms. The quantitative estimate of drug-likeness (QED) is 0.835. The summed E-state index contributed by atoms with van der Waals surface area (Å²) in [6.07, 6.45) is 2.38. The summed E-state index contributed by atoms with van der Waals surface area (Å²) < 4.78 is 5.37. The van der Waals surface area contributed by atoms with Gasteiger partial charge in [0.25, 0.3) is 0 Å². The number of nitrogens with zero attached hydrogens (tertiary/aromatic N) is 1. The summed E-state index contributed by atoms with van der Waals surface area (Å²) in [5.74, 6) is -1.06. The van der Waals surface area contributed by atoms with Gasteiger partial charge in [-0.3, -0.25) is 9.59 Å². The Labute approximate surface area is 111 Å². The molecule has 104 valence electrons. The van der Waals surface area contributed by atoms with E-state index in [2.05, 4.69) is 10.3 Å². The molecule has 0 aromatic carbocycles. The number of oxazole rings is 1. The molecule has 1 aromatic heterocycles. The van der Waals surface area contributed by atoms with Gasteiger partial charge in [-0.1, -0.05) is 20.8 Å². The Morgan fingerprint density at radius 3 is 2.63 bits per heavy atom. The summed E-state index contributed by atoms with van der Waals surface area (Å²) >= 11 is 0. The van der Waals surface area contributed by atoms with Gasteiger partial charge in [0.05, 0.1) is 24.6 Å². The zero-order valence-corrected chi connectivity index (χ0v) is 11.3. The zero-order chi connectivity index (χ0) is 14.2. The zero-order valence-electron chi connectivity index (χ0n) is 11.3. The molecule has 2 unspecified atom stereocenters. The van der Waals surface area contributed by atoms with Crippen molar-refractivity contribution in [1.29, 1.82) is 0 Å². The fraction of sp³-hybridized carbons (Fsp3) is 0.615. The first-order valence-corrected chi connectivity index (χ1v) is 6.32. The average molecular weight is 266 g/mol. The molecule has 1 amide bonds. The number of carbonyl (C=O) groups is 2. The van der Waals surface area contributed by atoms with Crippen LogP contribution in [0.4, 0.5) is 0 Å². The van der Waals surface area contributed by atoms with Crippen molar-refractivity contribution in [2.24, 2.45) is 17.3 Å². The van der Waals surface area contributed by atoms with E-state index in [4.69, 9.17) is 9.52 Å². The molecular weight excluding hydrogens is 248 g/mol. The molecule has 1 fully saturated rings. The number of aliphatic carboxylic acids is 1. The van der Waals surface area contributed by atoms with E-state index < -0.39 is 23.2 Å². The smallest absolute Gasteiger partial charge is 0.307 e. The highest BCUT2D eigenvalue weighted by Gasteiger charge is 2.65. The second kappa shape index (κ2) is 4.68. The first-order chi connectivity index (χ1) is 8.87. The van der Waals surface area contributed by atoms with Crippen molar-refractivity contribution < 1.29 is 19.1 Å². The molecule has 0 saturated heterocycles. The van der Waals surface area contributed by atoms with Gasteiger partial charge in [-0.25, -0.2) is 4.98 Å². The molecule has 2 atom stereocenters. The number of nitrogens with one attached hydrogen (secondary N) is 1. The molecule has 2 N–H and O–H groups in total. The van der Waals surface area contributed by atoms with Crippen molar-refractivity contribution >= 4 is 11.9 Å². The summed E-state index contributed by atoms with van der Waals surface area (Å²) in [6.45, 7) is 5.72. The number of carboxylic acid groups (broad SMARTS) is 1. The SMILES string of the molecule is CCc1cnc(CNC(=O)C2C(C(=O)O)C2(C)C)o1. The van der Waals surface area contributed by atoms with Gasteiger partial charge in [0.15, 0.2) is 0 Å². The first-order valence-electron chi connectivity index (χ1n) is 6.32. The maximum Gasteiger partial charge on any atom is 0.307 e. The fourth-order valence-electron chi connectivity index (χ4n) is 2.45. The second-order valence-corrected chi connectivity index (χ2v) is 5.41. The Morgan fingerprint density at radius 1 is 1.47 bits per heavy atom. The van der Waals surface area contributed by atoms with E-state index in [1.54, 1.807) is 20.0 Å². The predicted molar refractivity (Wildman–Crippen MR) is 66.1 cm³/mol. The normalized spacial score (nSPS) is 23.9. The largest absolute Gasteiger partial charge is 0.481 e. The molecule has 0 bridgehead atoms. The van der Waals surface area contributed by atoms with Gasteiger partial charge in [0.1, 0.15) is 5.76 Å². The fourth-order valence-corrected chi connectivity index (χ4v) is 2.45. The molecule has 2 rings (SSSR count). The van der Waals surface area contributed by atoms with Crippen molar-refractivity contribution in [3.63, 3.8) is 0 Å². The average Bonchev–Trinajstić information content (AvgIpc) is 2.73. The summed E-state index contributed by atoms with van der Waals surface area (Å²) in [4.78, 5) is 27.0. The highest BCUT2D eigenvalue weighted by molar-refractivity contribution is 5.91. The number of aryl methyl sites for hydroxylation is 1. The Kier molecular flexibility index (Phi) is 3.34. The third-order valence-corrected chi connectivity index (χ3v) is 3.74. The maximum absolute atomic E-state index is 11.9. The molecule has 1 saturated carbocycles. The van der Waals surface area contributed by atoms with E-state index in [0.29, 0.717) is 5.89 Å². The standard InChI is InChI=1S/C13H18N2O4/c1-4-7-5-14-8(19-7)6-15-11(16)9-10(12(17)18)13(9,2)3/h5,9-10H,4,6H2,1-3H3,(H,15,16)(H,17,18). The van der Waals surface area contributed by atoms with E-state index in [9.17, 15) is 9.59 Å². The Hall–Kier alpha value is -1.85. The van der Waals surface area contributed by atoms with Crippen LogP contribution in [0, 0.1) is 17.3 Å². The molecule has 0 aliphatic heterocycles. The molecule has 1 heterocycles. The van der Waals surface area contributed by atoms with Gasteiger partial charge in [0.2, 0.25) is 11.8 Å². The van der Waals surface area contributed by atoms with E-state index in [0.717, 1.165) is 12.2 Å². The molecule has 1 aromatic rings. The number of carboxylic acids is 1. The van der Waals surface area contributed by atoms with Crippen molar-refractivity contribution in [2.45, 2.75) is 33.7 Å². The van der Waals surface area contributed by atoms with E-state index in [1.807, 2.05) is 6.92 Å². The van der Waals surface area contributed by atoms with Gasteiger partial charge >= 0.3 is 5.97 Å². The van der Waals surface area contributed by atoms with Crippen molar-refractivity contribution in [2.75, 3.05) is 0 Å². The van der Waals surface area contributed by atoms with Crippen molar-refractivity contribution in [1.82, 2.24) is 10.3 Å². The molecule has 6 nitrogen and oxygen atoms in total. The van der Waals surface area contributed by atoms with Gasteiger partial charge in [-0.15, -0.1) is 0 Å². The van der Waals surface area contributed by atoms with Crippen molar-refractivity contribution in [3.8, 4) is 0 Å².